The number of halogens is 3. The monoisotopic (exact) mass is 322 g/mol. The molecular formula is C9H5Br2FO2. The molecule has 14 heavy (non-hydrogen) atoms. The van der Waals surface area contributed by atoms with Gasteiger partial charge in [0.25, 0.3) is 0 Å². The molecule has 0 aromatic heterocycles. The number of hydrogen-bond donors (Lipinski definition) is 0. The van der Waals surface area contributed by atoms with Crippen LogP contribution in [-0.4, -0.2) is 5.97 Å². The van der Waals surface area contributed by atoms with Gasteiger partial charge in [0.1, 0.15) is 5.75 Å². The van der Waals surface area contributed by atoms with Gasteiger partial charge in [-0.05, 0) is 44.0 Å². The average Bonchev–Trinajstić information content (AvgIpc) is 2.12. The summed E-state index contributed by atoms with van der Waals surface area (Å²) in [7, 11) is 0. The molecule has 2 nitrogen and oxygen atoms in total. The zero-order valence-electron chi connectivity index (χ0n) is 6.89. The molecule has 1 aromatic carbocycles. The van der Waals surface area contributed by atoms with Gasteiger partial charge in [-0.2, -0.15) is 4.39 Å². The van der Waals surface area contributed by atoms with Crippen molar-refractivity contribution in [1.82, 2.24) is 0 Å². The highest BCUT2D eigenvalue weighted by molar-refractivity contribution is 9.13. The molecule has 0 heterocycles. The molecule has 0 saturated heterocycles. The SMILES string of the molecule is C=C(F)C(=O)Oc1cccc(Br)c1Br. The van der Waals surface area contributed by atoms with Crippen LogP contribution in [0.15, 0.2) is 39.6 Å². The molecule has 0 saturated carbocycles. The van der Waals surface area contributed by atoms with Crippen LogP contribution in [0.1, 0.15) is 0 Å². The quantitative estimate of drug-likeness (QED) is 0.472. The summed E-state index contributed by atoms with van der Waals surface area (Å²) in [6, 6.07) is 4.96. The minimum Gasteiger partial charge on any atom is -0.420 e. The van der Waals surface area contributed by atoms with Crippen molar-refractivity contribution < 1.29 is 13.9 Å². The summed E-state index contributed by atoms with van der Waals surface area (Å²) in [6.07, 6.45) is 0. The Balaban J connectivity index is 2.93. The van der Waals surface area contributed by atoms with Crippen molar-refractivity contribution in [2.24, 2.45) is 0 Å². The van der Waals surface area contributed by atoms with Crippen molar-refractivity contribution in [2.75, 3.05) is 0 Å². The van der Waals surface area contributed by atoms with E-state index in [1.807, 2.05) is 0 Å². The van der Waals surface area contributed by atoms with Crippen molar-refractivity contribution in [3.05, 3.63) is 39.6 Å². The van der Waals surface area contributed by atoms with Crippen LogP contribution >= 0.6 is 31.9 Å². The van der Waals surface area contributed by atoms with Crippen molar-refractivity contribution >= 4 is 37.8 Å². The Morgan fingerprint density at radius 1 is 1.43 bits per heavy atom. The summed E-state index contributed by atoms with van der Waals surface area (Å²) in [5.41, 5.74) is 0. The van der Waals surface area contributed by atoms with Crippen LogP contribution in [0.3, 0.4) is 0 Å². The molecule has 0 spiro atoms. The van der Waals surface area contributed by atoms with Crippen LogP contribution in [0, 0.1) is 0 Å². The zero-order valence-corrected chi connectivity index (χ0v) is 10.1. The van der Waals surface area contributed by atoms with Gasteiger partial charge in [0.05, 0.1) is 4.47 Å². The first kappa shape index (κ1) is 11.4. The lowest BCUT2D eigenvalue weighted by atomic mass is 10.3. The molecule has 0 amide bonds. The third kappa shape index (κ3) is 2.65. The maximum absolute atomic E-state index is 12.3. The molecule has 0 radical (unpaired) electrons. The fraction of sp³-hybridized carbons (Fsp3) is 0. The van der Waals surface area contributed by atoms with E-state index in [4.69, 9.17) is 4.74 Å². The number of carbonyl (C=O) groups excluding carboxylic acids is 1. The van der Waals surface area contributed by atoms with E-state index in [-0.39, 0.29) is 5.75 Å². The number of rotatable bonds is 2. The number of ether oxygens (including phenoxy) is 1. The molecule has 0 unspecified atom stereocenters. The third-order valence-electron chi connectivity index (χ3n) is 1.34. The van der Waals surface area contributed by atoms with E-state index >= 15 is 0 Å². The Hall–Kier alpha value is -0.680. The maximum Gasteiger partial charge on any atom is 0.371 e. The van der Waals surface area contributed by atoms with Crippen LogP contribution in [0.25, 0.3) is 0 Å². The van der Waals surface area contributed by atoms with E-state index in [2.05, 4.69) is 38.4 Å². The van der Waals surface area contributed by atoms with Crippen molar-refractivity contribution in [2.45, 2.75) is 0 Å². The Bertz CT molecular complexity index is 390. The highest BCUT2D eigenvalue weighted by atomic mass is 79.9. The van der Waals surface area contributed by atoms with Gasteiger partial charge < -0.3 is 4.74 Å². The molecule has 0 fully saturated rings. The molecule has 1 rings (SSSR count). The van der Waals surface area contributed by atoms with E-state index < -0.39 is 11.8 Å². The maximum atomic E-state index is 12.3. The van der Waals surface area contributed by atoms with Crippen LogP contribution in [0.2, 0.25) is 0 Å². The lowest BCUT2D eigenvalue weighted by Crippen LogP contribution is -2.07. The number of esters is 1. The normalized spacial score (nSPS) is 9.64. The summed E-state index contributed by atoms with van der Waals surface area (Å²) in [5, 5.41) is 0. The van der Waals surface area contributed by atoms with Gasteiger partial charge in [0, 0.05) is 4.47 Å². The van der Waals surface area contributed by atoms with Crippen LogP contribution in [0.4, 0.5) is 4.39 Å². The molecule has 0 aliphatic carbocycles. The average molecular weight is 324 g/mol. The number of carbonyl (C=O) groups is 1. The fourth-order valence-electron chi connectivity index (χ4n) is 0.718. The highest BCUT2D eigenvalue weighted by Crippen LogP contribution is 2.32. The third-order valence-corrected chi connectivity index (χ3v) is 3.35. The van der Waals surface area contributed by atoms with E-state index in [1.54, 1.807) is 12.1 Å². The Labute approximate surface area is 97.0 Å². The summed E-state index contributed by atoms with van der Waals surface area (Å²) in [4.78, 5) is 10.8. The van der Waals surface area contributed by atoms with Crippen molar-refractivity contribution in [3.8, 4) is 5.75 Å². The van der Waals surface area contributed by atoms with Crippen LogP contribution in [-0.2, 0) is 4.79 Å². The van der Waals surface area contributed by atoms with E-state index in [1.165, 1.54) is 6.07 Å². The van der Waals surface area contributed by atoms with Gasteiger partial charge in [0.2, 0.25) is 5.83 Å². The van der Waals surface area contributed by atoms with E-state index in [0.29, 0.717) is 8.95 Å². The van der Waals surface area contributed by atoms with Gasteiger partial charge in [0.15, 0.2) is 0 Å². The summed E-state index contributed by atoms with van der Waals surface area (Å²) < 4.78 is 18.3. The topological polar surface area (TPSA) is 26.3 Å². The Morgan fingerprint density at radius 2 is 2.07 bits per heavy atom. The molecule has 0 aliphatic heterocycles. The number of benzene rings is 1. The predicted octanol–water partition coefficient (Wildman–Crippen LogP) is 3.60. The van der Waals surface area contributed by atoms with E-state index in [9.17, 15) is 9.18 Å². The van der Waals surface area contributed by atoms with Gasteiger partial charge in [-0.25, -0.2) is 4.79 Å². The molecule has 0 aliphatic rings. The Morgan fingerprint density at radius 3 is 2.64 bits per heavy atom. The first-order valence-corrected chi connectivity index (χ1v) is 5.11. The molecule has 0 bridgehead atoms. The molecule has 5 heteroatoms. The fourth-order valence-corrected chi connectivity index (χ4v) is 1.41. The first-order valence-electron chi connectivity index (χ1n) is 3.53. The van der Waals surface area contributed by atoms with Gasteiger partial charge >= 0.3 is 5.97 Å². The minimum absolute atomic E-state index is 0.239. The lowest BCUT2D eigenvalue weighted by Gasteiger charge is -2.05. The molecule has 0 N–H and O–H groups in total. The Kier molecular flexibility index (Phi) is 3.83. The molecular weight excluding hydrogens is 319 g/mol. The highest BCUT2D eigenvalue weighted by Gasteiger charge is 2.12. The molecule has 0 atom stereocenters. The van der Waals surface area contributed by atoms with Gasteiger partial charge in [-0.15, -0.1) is 0 Å². The summed E-state index contributed by atoms with van der Waals surface area (Å²) >= 11 is 6.40. The second kappa shape index (κ2) is 4.70. The number of hydrogen-bond acceptors (Lipinski definition) is 2. The first-order chi connectivity index (χ1) is 6.52. The zero-order chi connectivity index (χ0) is 10.7. The minimum atomic E-state index is -1.13. The molecule has 74 valence electrons. The second-order valence-corrected chi connectivity index (χ2v) is 3.99. The second-order valence-electron chi connectivity index (χ2n) is 2.35. The van der Waals surface area contributed by atoms with Crippen LogP contribution in [0.5, 0.6) is 5.75 Å². The smallest absolute Gasteiger partial charge is 0.371 e. The van der Waals surface area contributed by atoms with Crippen molar-refractivity contribution in [1.29, 1.82) is 0 Å². The standard InChI is InChI=1S/C9H5Br2FO2/c1-5(12)9(13)14-7-4-2-3-6(10)8(7)11/h2-4H,1H2. The summed E-state index contributed by atoms with van der Waals surface area (Å²) in [6.45, 7) is 2.84. The largest absolute Gasteiger partial charge is 0.420 e. The van der Waals surface area contributed by atoms with Crippen LogP contribution < -0.4 is 4.74 Å². The van der Waals surface area contributed by atoms with E-state index in [0.717, 1.165) is 0 Å². The summed E-state index contributed by atoms with van der Waals surface area (Å²) in [5.74, 6) is -1.98. The predicted molar refractivity (Wildman–Crippen MR) is 57.7 cm³/mol. The van der Waals surface area contributed by atoms with Crippen molar-refractivity contribution in [3.63, 3.8) is 0 Å². The van der Waals surface area contributed by atoms with Gasteiger partial charge in [-0.1, -0.05) is 12.6 Å². The van der Waals surface area contributed by atoms with Gasteiger partial charge in [-0.3, -0.25) is 0 Å². The molecule has 1 aromatic rings. The lowest BCUT2D eigenvalue weighted by molar-refractivity contribution is -0.131.